The summed E-state index contributed by atoms with van der Waals surface area (Å²) in [5.74, 6) is 2.61. The molecule has 0 radical (unpaired) electrons. The van der Waals surface area contributed by atoms with Crippen LogP contribution in [0.15, 0.2) is 11.6 Å². The van der Waals surface area contributed by atoms with Gasteiger partial charge in [0.1, 0.15) is 0 Å². The normalized spacial score (nSPS) is 14.6. The van der Waals surface area contributed by atoms with Gasteiger partial charge in [0.2, 0.25) is 0 Å². The van der Waals surface area contributed by atoms with Crippen molar-refractivity contribution >= 4 is 0 Å². The lowest BCUT2D eigenvalue weighted by molar-refractivity contribution is 0.430. The van der Waals surface area contributed by atoms with E-state index in [0.717, 1.165) is 17.8 Å². The molecule has 0 aromatic heterocycles. The molecule has 0 aliphatic rings. The Balaban J connectivity index is 3.60. The Hall–Kier alpha value is -0.260. The van der Waals surface area contributed by atoms with Gasteiger partial charge in [0, 0.05) is 0 Å². The molecule has 0 nitrogen and oxygen atoms in total. The van der Waals surface area contributed by atoms with Crippen LogP contribution in [0.4, 0.5) is 0 Å². The molecule has 0 N–H and O–H groups in total. The van der Waals surface area contributed by atoms with E-state index in [1.807, 2.05) is 0 Å². The van der Waals surface area contributed by atoms with Crippen LogP contribution >= 0.6 is 0 Å². The molecule has 0 heterocycles. The standard InChI is InChI=1S/C18H36/c1-15(2)9-7-10-17(5)11-8-12-18(6)14-13-16(3)4/h11,15-16,18H,7-10,12-14H2,1-6H3. The van der Waals surface area contributed by atoms with Crippen LogP contribution in [0.25, 0.3) is 0 Å². The summed E-state index contributed by atoms with van der Waals surface area (Å²) in [4.78, 5) is 0. The predicted octanol–water partition coefficient (Wildman–Crippen LogP) is 6.61. The summed E-state index contributed by atoms with van der Waals surface area (Å²) < 4.78 is 0. The van der Waals surface area contributed by atoms with Crippen molar-refractivity contribution in [3.8, 4) is 0 Å². The molecular weight excluding hydrogens is 216 g/mol. The van der Waals surface area contributed by atoms with Gasteiger partial charge in [-0.1, -0.05) is 65.5 Å². The molecule has 108 valence electrons. The van der Waals surface area contributed by atoms with Crippen molar-refractivity contribution in [1.82, 2.24) is 0 Å². The molecule has 0 amide bonds. The quantitative estimate of drug-likeness (QED) is 0.384. The Morgan fingerprint density at radius 2 is 1.44 bits per heavy atom. The Morgan fingerprint density at radius 3 is 2.00 bits per heavy atom. The maximum absolute atomic E-state index is 2.48. The monoisotopic (exact) mass is 252 g/mol. The lowest BCUT2D eigenvalue weighted by Gasteiger charge is -2.12. The third-order valence-electron chi connectivity index (χ3n) is 3.74. The fourth-order valence-electron chi connectivity index (χ4n) is 2.27. The molecule has 1 atom stereocenters. The van der Waals surface area contributed by atoms with Crippen molar-refractivity contribution in [2.24, 2.45) is 17.8 Å². The Labute approximate surface area is 116 Å². The fraction of sp³-hybridized carbons (Fsp3) is 0.889. The largest absolute Gasteiger partial charge is 0.0856 e. The predicted molar refractivity (Wildman–Crippen MR) is 84.9 cm³/mol. The molecule has 0 spiro atoms. The van der Waals surface area contributed by atoms with Crippen LogP contribution in [0.2, 0.25) is 0 Å². The van der Waals surface area contributed by atoms with Crippen LogP contribution in [0.1, 0.15) is 86.5 Å². The van der Waals surface area contributed by atoms with Crippen LogP contribution in [-0.2, 0) is 0 Å². The second-order valence-electron chi connectivity index (χ2n) is 6.99. The molecule has 1 unspecified atom stereocenters. The minimum atomic E-state index is 0.855. The highest BCUT2D eigenvalue weighted by Gasteiger charge is 2.03. The smallest absolute Gasteiger partial charge is 0.0323 e. The highest BCUT2D eigenvalue weighted by atomic mass is 14.1. The summed E-state index contributed by atoms with van der Waals surface area (Å²) in [7, 11) is 0. The van der Waals surface area contributed by atoms with Gasteiger partial charge in [-0.15, -0.1) is 0 Å². The summed E-state index contributed by atoms with van der Waals surface area (Å²) in [6.07, 6.45) is 12.0. The molecule has 0 rings (SSSR count). The van der Waals surface area contributed by atoms with Crippen molar-refractivity contribution in [3.05, 3.63) is 11.6 Å². The molecule has 0 heteroatoms. The van der Waals surface area contributed by atoms with E-state index >= 15 is 0 Å². The van der Waals surface area contributed by atoms with Gasteiger partial charge in [-0.3, -0.25) is 0 Å². The molecular formula is C18H36. The van der Waals surface area contributed by atoms with E-state index < -0.39 is 0 Å². The average Bonchev–Trinajstić information content (AvgIpc) is 2.25. The van der Waals surface area contributed by atoms with Crippen LogP contribution in [0, 0.1) is 17.8 Å². The molecule has 0 fully saturated rings. The molecule has 18 heavy (non-hydrogen) atoms. The maximum atomic E-state index is 2.48. The van der Waals surface area contributed by atoms with Gasteiger partial charge in [0.25, 0.3) is 0 Å². The van der Waals surface area contributed by atoms with Crippen LogP contribution < -0.4 is 0 Å². The summed E-state index contributed by atoms with van der Waals surface area (Å²) in [5, 5.41) is 0. The lowest BCUT2D eigenvalue weighted by atomic mass is 9.95. The number of allylic oxidation sites excluding steroid dienone is 2. The SMILES string of the molecule is CC(=CCCC(C)CCC(C)C)CCCC(C)C. The third kappa shape index (κ3) is 12.2. The van der Waals surface area contributed by atoms with E-state index in [2.05, 4.69) is 47.6 Å². The van der Waals surface area contributed by atoms with Crippen molar-refractivity contribution in [3.63, 3.8) is 0 Å². The van der Waals surface area contributed by atoms with Gasteiger partial charge in [-0.05, 0) is 50.4 Å². The molecule has 0 aliphatic carbocycles. The van der Waals surface area contributed by atoms with Crippen molar-refractivity contribution < 1.29 is 0 Å². The lowest BCUT2D eigenvalue weighted by Crippen LogP contribution is -1.97. The fourth-order valence-corrected chi connectivity index (χ4v) is 2.27. The zero-order chi connectivity index (χ0) is 14.0. The van der Waals surface area contributed by atoms with Crippen molar-refractivity contribution in [2.45, 2.75) is 86.5 Å². The van der Waals surface area contributed by atoms with E-state index in [1.54, 1.807) is 5.57 Å². The van der Waals surface area contributed by atoms with Crippen molar-refractivity contribution in [1.29, 1.82) is 0 Å². The van der Waals surface area contributed by atoms with Crippen LogP contribution in [0.5, 0.6) is 0 Å². The third-order valence-corrected chi connectivity index (χ3v) is 3.74. The zero-order valence-corrected chi connectivity index (χ0v) is 13.8. The first-order valence-electron chi connectivity index (χ1n) is 8.07. The topological polar surface area (TPSA) is 0 Å². The minimum Gasteiger partial charge on any atom is -0.0856 e. The second kappa shape index (κ2) is 10.6. The summed E-state index contributed by atoms with van der Waals surface area (Å²) in [5.41, 5.74) is 1.60. The second-order valence-corrected chi connectivity index (χ2v) is 6.99. The van der Waals surface area contributed by atoms with Gasteiger partial charge in [-0.2, -0.15) is 0 Å². The van der Waals surface area contributed by atoms with E-state index in [-0.39, 0.29) is 0 Å². The number of rotatable bonds is 10. The molecule has 0 aliphatic heterocycles. The van der Waals surface area contributed by atoms with Gasteiger partial charge in [0.05, 0.1) is 0 Å². The average molecular weight is 252 g/mol. The van der Waals surface area contributed by atoms with E-state index in [9.17, 15) is 0 Å². The maximum Gasteiger partial charge on any atom is -0.0323 e. The minimum absolute atomic E-state index is 0.855. The highest BCUT2D eigenvalue weighted by Crippen LogP contribution is 2.18. The highest BCUT2D eigenvalue weighted by molar-refractivity contribution is 4.97. The molecule has 0 aromatic rings. The first-order valence-corrected chi connectivity index (χ1v) is 8.07. The summed E-state index contributed by atoms with van der Waals surface area (Å²) in [6, 6.07) is 0. The van der Waals surface area contributed by atoms with Gasteiger partial charge < -0.3 is 0 Å². The Morgan fingerprint density at radius 1 is 0.833 bits per heavy atom. The molecule has 0 saturated carbocycles. The van der Waals surface area contributed by atoms with Crippen LogP contribution in [0.3, 0.4) is 0 Å². The summed E-state index contributed by atoms with van der Waals surface area (Å²) in [6.45, 7) is 14.0. The molecule has 0 aromatic carbocycles. The summed E-state index contributed by atoms with van der Waals surface area (Å²) >= 11 is 0. The molecule has 0 saturated heterocycles. The van der Waals surface area contributed by atoms with Crippen molar-refractivity contribution in [2.75, 3.05) is 0 Å². The Bertz CT molecular complexity index is 210. The zero-order valence-electron chi connectivity index (χ0n) is 13.8. The van der Waals surface area contributed by atoms with E-state index in [1.165, 1.54) is 44.9 Å². The van der Waals surface area contributed by atoms with E-state index in [0.29, 0.717) is 0 Å². The number of hydrogen-bond donors (Lipinski definition) is 0. The Kier molecular flexibility index (Phi) is 10.5. The number of hydrogen-bond acceptors (Lipinski definition) is 0. The molecule has 0 bridgehead atoms. The van der Waals surface area contributed by atoms with Gasteiger partial charge >= 0.3 is 0 Å². The van der Waals surface area contributed by atoms with Crippen LogP contribution in [-0.4, -0.2) is 0 Å². The van der Waals surface area contributed by atoms with E-state index in [4.69, 9.17) is 0 Å². The first-order chi connectivity index (χ1) is 8.41. The first kappa shape index (κ1) is 17.7. The van der Waals surface area contributed by atoms with Gasteiger partial charge in [0.15, 0.2) is 0 Å². The van der Waals surface area contributed by atoms with Gasteiger partial charge in [-0.25, -0.2) is 0 Å².